The van der Waals surface area contributed by atoms with Crippen molar-refractivity contribution in [2.75, 3.05) is 14.2 Å². The monoisotopic (exact) mass is 648 g/mol. The largest absolute Gasteiger partial charge is 0.460 e. The molecule has 11 heteroatoms. The molecule has 0 spiro atoms. The number of likely N-dealkylation sites (N-methyl/N-ethyl adjacent to an activating group) is 1. The maximum atomic E-state index is 14.3. The average molecular weight is 649 g/mol. The smallest absolute Gasteiger partial charge is 0.338 e. The van der Waals surface area contributed by atoms with Crippen LogP contribution in [-0.4, -0.2) is 72.0 Å². The summed E-state index contributed by atoms with van der Waals surface area (Å²) in [5, 5.41) is 6.63. The molecule has 10 nitrogen and oxygen atoms in total. The van der Waals surface area contributed by atoms with Gasteiger partial charge in [-0.15, -0.1) is 0 Å². The molecule has 7 unspecified atom stereocenters. The van der Waals surface area contributed by atoms with Crippen LogP contribution in [0.2, 0.25) is 0 Å². The number of fused-ring (bicyclic) bond motifs is 1. The highest BCUT2D eigenvalue weighted by Crippen LogP contribution is 2.26. The lowest BCUT2D eigenvalue weighted by Gasteiger charge is -2.33. The molecule has 0 aliphatic carbocycles. The van der Waals surface area contributed by atoms with E-state index in [1.165, 1.54) is 43.3 Å². The number of aromatic nitrogens is 1. The third-order valence-electron chi connectivity index (χ3n) is 8.92. The maximum Gasteiger partial charge on any atom is 0.338 e. The van der Waals surface area contributed by atoms with Crippen LogP contribution < -0.4 is 10.6 Å². The van der Waals surface area contributed by atoms with Gasteiger partial charge in [0.2, 0.25) is 17.7 Å². The second-order valence-electron chi connectivity index (χ2n) is 12.6. The van der Waals surface area contributed by atoms with E-state index in [1.54, 1.807) is 27.0 Å². The van der Waals surface area contributed by atoms with Crippen LogP contribution in [0.25, 0.3) is 10.9 Å². The second kappa shape index (κ2) is 15.4. The number of carbonyl (C=O) groups excluding carboxylic acids is 4. The highest BCUT2D eigenvalue weighted by molar-refractivity contribution is 5.93. The molecule has 3 N–H and O–H groups in total. The Kier molecular flexibility index (Phi) is 11.6. The van der Waals surface area contributed by atoms with Crippen LogP contribution >= 0.6 is 0 Å². The van der Waals surface area contributed by atoms with Gasteiger partial charge in [-0.1, -0.05) is 55.8 Å². The summed E-state index contributed by atoms with van der Waals surface area (Å²) in [6.45, 7) is 8.94. The van der Waals surface area contributed by atoms with Crippen molar-refractivity contribution >= 4 is 34.6 Å². The van der Waals surface area contributed by atoms with Crippen molar-refractivity contribution in [2.45, 2.75) is 77.8 Å². The van der Waals surface area contributed by atoms with Gasteiger partial charge in [0, 0.05) is 49.5 Å². The minimum Gasteiger partial charge on any atom is -0.460 e. The first-order valence-corrected chi connectivity index (χ1v) is 15.9. The Hall–Kier alpha value is -4.51. The van der Waals surface area contributed by atoms with E-state index in [1.807, 2.05) is 44.2 Å². The fraction of sp³-hybridized carbons (Fsp3) is 0.444. The van der Waals surface area contributed by atoms with Crippen molar-refractivity contribution in [1.82, 2.24) is 20.5 Å². The summed E-state index contributed by atoms with van der Waals surface area (Å²) >= 11 is 0. The zero-order valence-electron chi connectivity index (χ0n) is 28.0. The number of ether oxygens (including phenoxy) is 2. The summed E-state index contributed by atoms with van der Waals surface area (Å²) in [7, 11) is 2.85. The van der Waals surface area contributed by atoms with Crippen LogP contribution in [-0.2, 0) is 35.1 Å². The number of H-pyrrole nitrogens is 1. The lowest BCUT2D eigenvalue weighted by molar-refractivity contribution is -0.164. The summed E-state index contributed by atoms with van der Waals surface area (Å²) in [6.07, 6.45) is 2.43. The fourth-order valence-corrected chi connectivity index (χ4v) is 6.00. The minimum absolute atomic E-state index is 0.117. The maximum absolute atomic E-state index is 14.3. The molecule has 4 rings (SSSR count). The van der Waals surface area contributed by atoms with Gasteiger partial charge in [0.05, 0.1) is 6.04 Å². The van der Waals surface area contributed by atoms with E-state index in [0.29, 0.717) is 12.0 Å². The summed E-state index contributed by atoms with van der Waals surface area (Å²) in [5.74, 6) is -3.20. The first-order chi connectivity index (χ1) is 22.3. The van der Waals surface area contributed by atoms with Crippen LogP contribution in [0, 0.1) is 17.7 Å². The van der Waals surface area contributed by atoms with Crippen LogP contribution in [0.15, 0.2) is 66.4 Å². The van der Waals surface area contributed by atoms with Gasteiger partial charge in [0.15, 0.2) is 6.10 Å². The van der Waals surface area contributed by atoms with Gasteiger partial charge in [-0.3, -0.25) is 14.4 Å². The number of allylic oxidation sites excluding steroid dienone is 1. The number of methoxy groups -OCH3 is 1. The number of rotatable bonds is 4. The van der Waals surface area contributed by atoms with Gasteiger partial charge >= 0.3 is 5.97 Å². The number of halogens is 1. The Bertz CT molecular complexity index is 1620. The van der Waals surface area contributed by atoms with E-state index in [0.717, 1.165) is 22.0 Å². The Morgan fingerprint density at radius 3 is 2.32 bits per heavy atom. The minimum atomic E-state index is -1.30. The number of cyclic esters (lactones) is 1. The quantitative estimate of drug-likeness (QED) is 0.280. The van der Waals surface area contributed by atoms with E-state index in [2.05, 4.69) is 15.6 Å². The number of benzene rings is 2. The number of hydrogen-bond acceptors (Lipinski definition) is 6. The standard InChI is InChI=1S/C36H45FN4O6/c1-20-16-21(2)24(5)47-36(45)32(46-7)31(25-12-14-27(37)15-13-25)40-34(43)30(18-26-19-38-29-11-9-8-10-28(26)29)41(6)35(44)23(4)39-33(42)22(3)17-20/h8-16,19,21-24,30-32,38H,17-18H2,1-7H3,(H,39,42)(H,40,43)/b20-16+. The Morgan fingerprint density at radius 1 is 0.957 bits per heavy atom. The van der Waals surface area contributed by atoms with Crippen molar-refractivity contribution in [3.8, 4) is 0 Å². The highest BCUT2D eigenvalue weighted by atomic mass is 19.1. The summed E-state index contributed by atoms with van der Waals surface area (Å²) in [5.41, 5.74) is 2.99. The number of para-hydroxylation sites is 1. The fourth-order valence-electron chi connectivity index (χ4n) is 6.00. The lowest BCUT2D eigenvalue weighted by Crippen LogP contribution is -2.56. The Morgan fingerprint density at radius 2 is 1.64 bits per heavy atom. The molecule has 47 heavy (non-hydrogen) atoms. The molecule has 7 atom stereocenters. The zero-order valence-corrected chi connectivity index (χ0v) is 28.0. The molecule has 2 heterocycles. The molecule has 252 valence electrons. The van der Waals surface area contributed by atoms with E-state index in [-0.39, 0.29) is 18.2 Å². The lowest BCUT2D eigenvalue weighted by atomic mass is 9.95. The topological polar surface area (TPSA) is 130 Å². The van der Waals surface area contributed by atoms with E-state index in [4.69, 9.17) is 9.47 Å². The molecule has 0 saturated heterocycles. The predicted molar refractivity (Wildman–Crippen MR) is 177 cm³/mol. The number of nitrogens with one attached hydrogen (secondary N) is 3. The molecular weight excluding hydrogens is 603 g/mol. The molecule has 0 saturated carbocycles. The highest BCUT2D eigenvalue weighted by Gasteiger charge is 2.38. The number of carbonyl (C=O) groups is 4. The molecule has 0 fully saturated rings. The molecular formula is C36H45FN4O6. The summed E-state index contributed by atoms with van der Waals surface area (Å²) in [6, 6.07) is 9.91. The molecule has 1 aliphatic heterocycles. The first kappa shape index (κ1) is 35.3. The Balaban J connectivity index is 1.80. The van der Waals surface area contributed by atoms with Gasteiger partial charge in [-0.05, 0) is 56.5 Å². The predicted octanol–water partition coefficient (Wildman–Crippen LogP) is 4.61. The van der Waals surface area contributed by atoms with E-state index in [9.17, 15) is 23.6 Å². The first-order valence-electron chi connectivity index (χ1n) is 15.9. The second-order valence-corrected chi connectivity index (χ2v) is 12.6. The van der Waals surface area contributed by atoms with Crippen molar-refractivity contribution < 1.29 is 33.0 Å². The van der Waals surface area contributed by atoms with Gasteiger partial charge in [-0.25, -0.2) is 9.18 Å². The summed E-state index contributed by atoms with van der Waals surface area (Å²) in [4.78, 5) is 59.5. The zero-order chi connectivity index (χ0) is 34.4. The van der Waals surface area contributed by atoms with Crippen molar-refractivity contribution in [1.29, 1.82) is 0 Å². The van der Waals surface area contributed by atoms with Gasteiger partial charge in [-0.2, -0.15) is 0 Å². The molecule has 3 amide bonds. The number of nitrogens with zero attached hydrogens (tertiary/aromatic N) is 1. The third kappa shape index (κ3) is 8.45. The van der Waals surface area contributed by atoms with Crippen LogP contribution in [0.4, 0.5) is 4.39 Å². The van der Waals surface area contributed by atoms with Crippen LogP contribution in [0.5, 0.6) is 0 Å². The van der Waals surface area contributed by atoms with Crippen LogP contribution in [0.1, 0.15) is 58.2 Å². The van der Waals surface area contributed by atoms with Gasteiger partial charge in [0.25, 0.3) is 0 Å². The number of aromatic amines is 1. The van der Waals surface area contributed by atoms with E-state index >= 15 is 0 Å². The van der Waals surface area contributed by atoms with Crippen molar-refractivity contribution in [3.05, 3.63) is 83.3 Å². The molecule has 0 bridgehead atoms. The summed E-state index contributed by atoms with van der Waals surface area (Å²) < 4.78 is 25.5. The molecule has 3 aromatic rings. The van der Waals surface area contributed by atoms with Crippen molar-refractivity contribution in [2.24, 2.45) is 11.8 Å². The Labute approximate surface area is 275 Å². The SMILES string of the molecule is COC1C(=O)OC(C)C(C)/C=C(\C)CC(C)C(=O)NC(C)C(=O)N(C)C(Cc2c[nH]c3ccccc23)C(=O)NC1c1ccc(F)cc1. The van der Waals surface area contributed by atoms with Crippen LogP contribution in [0.3, 0.4) is 0 Å². The molecule has 2 aromatic carbocycles. The number of amides is 3. The van der Waals surface area contributed by atoms with Gasteiger partial charge < -0.3 is 30.0 Å². The number of hydrogen-bond donors (Lipinski definition) is 3. The number of esters is 1. The molecule has 1 aromatic heterocycles. The normalized spacial score (nSPS) is 28.5. The van der Waals surface area contributed by atoms with E-state index < -0.39 is 59.9 Å². The van der Waals surface area contributed by atoms with Gasteiger partial charge in [0.1, 0.15) is 24.0 Å². The third-order valence-corrected chi connectivity index (χ3v) is 8.92. The van der Waals surface area contributed by atoms with Crippen molar-refractivity contribution in [3.63, 3.8) is 0 Å². The molecule has 0 radical (unpaired) electrons. The molecule has 1 aliphatic rings. The average Bonchev–Trinajstić information content (AvgIpc) is 3.45.